The lowest BCUT2D eigenvalue weighted by Gasteiger charge is -2.37. The van der Waals surface area contributed by atoms with Gasteiger partial charge in [0.05, 0.1) is 17.6 Å². The summed E-state index contributed by atoms with van der Waals surface area (Å²) in [4.78, 5) is 84.4. The molecular weight excluding hydrogens is 744 g/mol. The number of pyridine rings is 1. The Morgan fingerprint density at radius 3 is 2.45 bits per heavy atom. The zero-order valence-corrected chi connectivity index (χ0v) is 32.4. The number of carbonyl (C=O) groups is 5. The van der Waals surface area contributed by atoms with Gasteiger partial charge in [0.15, 0.2) is 6.29 Å². The molecule has 5 aliphatic rings. The molecule has 1 atom stereocenters. The number of nitrogens with one attached hydrogen (secondary N) is 2. The molecule has 302 valence electrons. The highest BCUT2D eigenvalue weighted by molar-refractivity contribution is 6.05. The molecule has 58 heavy (non-hydrogen) atoms. The van der Waals surface area contributed by atoms with E-state index in [4.69, 9.17) is 4.98 Å². The van der Waals surface area contributed by atoms with Gasteiger partial charge >= 0.3 is 0 Å². The van der Waals surface area contributed by atoms with Gasteiger partial charge in [-0.3, -0.25) is 29.3 Å². The monoisotopic (exact) mass is 790 g/mol. The van der Waals surface area contributed by atoms with Crippen LogP contribution in [-0.4, -0.2) is 116 Å². The highest BCUT2D eigenvalue weighted by Gasteiger charge is 2.41. The predicted molar refractivity (Wildman–Crippen MR) is 212 cm³/mol. The summed E-state index contributed by atoms with van der Waals surface area (Å²) in [5, 5.41) is 6.38. The van der Waals surface area contributed by atoms with Crippen molar-refractivity contribution in [2.75, 3.05) is 56.0 Å². The lowest BCUT2D eigenvalue weighted by atomic mass is 9.85. The highest BCUT2D eigenvalue weighted by Crippen LogP contribution is 2.38. The molecule has 1 saturated carbocycles. The van der Waals surface area contributed by atoms with Crippen molar-refractivity contribution in [3.05, 3.63) is 70.9 Å². The van der Waals surface area contributed by atoms with Crippen molar-refractivity contribution < 1.29 is 28.4 Å². The summed E-state index contributed by atoms with van der Waals surface area (Å²) < 4.78 is 16.9. The molecule has 4 fully saturated rings. The minimum Gasteiger partial charge on any atom is -0.367 e. The van der Waals surface area contributed by atoms with Crippen LogP contribution >= 0.6 is 0 Å². The molecular formula is C42H47FN10O5. The number of aldehydes is 1. The standard InChI is InChI=1S/C42H47FN10O5/c43-28-20-32(34-24-52(41(58)33(34)21-28)35-6-8-37(55)47-40(35)57)26-9-12-49(13-10-26)14-11-38(56)51-17-15-50(16-18-51)30-5-7-36(44-23-30)46-42-45-22-27-19-31(25-54)53(39(27)48-42)29-3-1-2-4-29/h5,7,19-23,25-26,29,35H,1-4,6,8-18,24H2,(H,47,55,57)(H,44,45,46,48). The topological polar surface area (TPSA) is 166 Å². The second-order valence-electron chi connectivity index (χ2n) is 16.1. The lowest BCUT2D eigenvalue weighted by Crippen LogP contribution is -2.52. The summed E-state index contributed by atoms with van der Waals surface area (Å²) >= 11 is 0. The largest absolute Gasteiger partial charge is 0.367 e. The van der Waals surface area contributed by atoms with Crippen LogP contribution in [0.25, 0.3) is 11.0 Å². The Hall–Kier alpha value is -5.77. The fraction of sp³-hybridized carbons (Fsp3) is 0.476. The van der Waals surface area contributed by atoms with Gasteiger partial charge in [-0.15, -0.1) is 0 Å². The molecule has 16 heteroatoms. The van der Waals surface area contributed by atoms with E-state index in [2.05, 4.69) is 35.0 Å². The lowest BCUT2D eigenvalue weighted by molar-refractivity contribution is -0.137. The molecule has 4 aromatic rings. The van der Waals surface area contributed by atoms with E-state index in [1.54, 1.807) is 6.20 Å². The number of anilines is 3. The number of piperazine rings is 1. The van der Waals surface area contributed by atoms with Gasteiger partial charge in [-0.05, 0) is 92.6 Å². The van der Waals surface area contributed by atoms with E-state index >= 15 is 0 Å². The molecule has 9 rings (SSSR count). The van der Waals surface area contributed by atoms with Gasteiger partial charge in [0.2, 0.25) is 23.7 Å². The zero-order chi connectivity index (χ0) is 39.9. The maximum Gasteiger partial charge on any atom is 0.255 e. The van der Waals surface area contributed by atoms with Crippen molar-refractivity contribution in [1.29, 1.82) is 0 Å². The number of imide groups is 1. The Kier molecular flexibility index (Phi) is 10.3. The first-order valence-electron chi connectivity index (χ1n) is 20.5. The van der Waals surface area contributed by atoms with Crippen LogP contribution in [0.1, 0.15) is 102 Å². The number of rotatable bonds is 10. The van der Waals surface area contributed by atoms with E-state index in [-0.39, 0.29) is 49.1 Å². The average Bonchev–Trinajstić information content (AvgIpc) is 3.98. The summed E-state index contributed by atoms with van der Waals surface area (Å²) in [5.74, 6) is -0.433. The molecule has 3 saturated heterocycles. The van der Waals surface area contributed by atoms with Gasteiger partial charge in [-0.2, -0.15) is 4.98 Å². The molecule has 2 N–H and O–H groups in total. The highest BCUT2D eigenvalue weighted by atomic mass is 19.1. The molecule has 4 amide bonds. The molecule has 1 aliphatic carbocycles. The summed E-state index contributed by atoms with van der Waals surface area (Å²) in [6.07, 6.45) is 11.2. The molecule has 0 radical (unpaired) electrons. The van der Waals surface area contributed by atoms with Crippen LogP contribution in [0.2, 0.25) is 0 Å². The maximum absolute atomic E-state index is 14.9. The molecule has 3 aromatic heterocycles. The van der Waals surface area contributed by atoms with Gasteiger partial charge in [-0.1, -0.05) is 12.8 Å². The third kappa shape index (κ3) is 7.40. The van der Waals surface area contributed by atoms with Crippen LogP contribution in [0.4, 0.5) is 21.8 Å². The number of benzene rings is 1. The van der Waals surface area contributed by atoms with Crippen LogP contribution in [0.15, 0.2) is 42.7 Å². The fourth-order valence-electron chi connectivity index (χ4n) is 9.60. The van der Waals surface area contributed by atoms with Crippen LogP contribution < -0.4 is 15.5 Å². The normalized spacial score (nSPS) is 20.9. The van der Waals surface area contributed by atoms with Gasteiger partial charge in [0, 0.05) is 75.3 Å². The summed E-state index contributed by atoms with van der Waals surface area (Å²) in [6.45, 7) is 5.04. The number of likely N-dealkylation sites (tertiary alicyclic amines) is 1. The maximum atomic E-state index is 14.9. The first-order chi connectivity index (χ1) is 28.2. The number of aromatic nitrogens is 4. The van der Waals surface area contributed by atoms with E-state index < -0.39 is 17.8 Å². The van der Waals surface area contributed by atoms with Crippen molar-refractivity contribution in [3.8, 4) is 0 Å². The quantitative estimate of drug-likeness (QED) is 0.174. The second kappa shape index (κ2) is 15.9. The number of carbonyl (C=O) groups excluding carboxylic acids is 5. The number of fused-ring (bicyclic) bond motifs is 2. The van der Waals surface area contributed by atoms with Crippen molar-refractivity contribution in [2.24, 2.45) is 0 Å². The Morgan fingerprint density at radius 1 is 0.931 bits per heavy atom. The predicted octanol–water partition coefficient (Wildman–Crippen LogP) is 4.32. The van der Waals surface area contributed by atoms with Gasteiger partial charge in [0.1, 0.15) is 23.3 Å². The minimum atomic E-state index is -0.744. The molecule has 15 nitrogen and oxygen atoms in total. The van der Waals surface area contributed by atoms with Gasteiger partial charge in [-0.25, -0.2) is 14.4 Å². The van der Waals surface area contributed by atoms with E-state index in [0.717, 1.165) is 85.7 Å². The molecule has 1 aromatic carbocycles. The minimum absolute atomic E-state index is 0.0631. The zero-order valence-electron chi connectivity index (χ0n) is 32.4. The average molecular weight is 791 g/mol. The van der Waals surface area contributed by atoms with E-state index in [1.807, 2.05) is 29.3 Å². The van der Waals surface area contributed by atoms with Crippen molar-refractivity contribution in [1.82, 2.24) is 39.5 Å². The Balaban J connectivity index is 0.740. The van der Waals surface area contributed by atoms with Crippen molar-refractivity contribution >= 4 is 58.4 Å². The van der Waals surface area contributed by atoms with Crippen molar-refractivity contribution in [3.63, 3.8) is 0 Å². The molecule has 1 unspecified atom stereocenters. The molecule has 4 aliphatic heterocycles. The number of halogens is 1. The molecule has 0 spiro atoms. The van der Waals surface area contributed by atoms with E-state index in [1.165, 1.54) is 17.0 Å². The SMILES string of the molecule is O=Cc1cc2cnc(Nc3ccc(N4CCN(C(=O)CCN5CCC(c6cc(F)cc7c6CN(C6CCC(=O)NC6=O)C7=O)CC5)CC4)cn3)nc2n1C1CCCC1. The number of nitrogens with zero attached hydrogens (tertiary/aromatic N) is 8. The van der Waals surface area contributed by atoms with Crippen LogP contribution in [0, 0.1) is 5.82 Å². The van der Waals surface area contributed by atoms with Gasteiger partial charge in [0.25, 0.3) is 5.91 Å². The first-order valence-corrected chi connectivity index (χ1v) is 20.5. The summed E-state index contributed by atoms with van der Waals surface area (Å²) in [7, 11) is 0. The number of amides is 4. The third-order valence-corrected chi connectivity index (χ3v) is 12.7. The van der Waals surface area contributed by atoms with Crippen LogP contribution in [-0.2, 0) is 20.9 Å². The second-order valence-corrected chi connectivity index (χ2v) is 16.1. The summed E-state index contributed by atoms with van der Waals surface area (Å²) in [5.41, 5.74) is 4.26. The third-order valence-electron chi connectivity index (χ3n) is 12.7. The smallest absolute Gasteiger partial charge is 0.255 e. The van der Waals surface area contributed by atoms with Crippen LogP contribution in [0.5, 0.6) is 0 Å². The number of hydrogen-bond acceptors (Lipinski definition) is 11. The Bertz CT molecular complexity index is 2260. The van der Waals surface area contributed by atoms with E-state index in [0.29, 0.717) is 62.2 Å². The van der Waals surface area contributed by atoms with Crippen molar-refractivity contribution in [2.45, 2.75) is 82.3 Å². The first kappa shape index (κ1) is 37.8. The van der Waals surface area contributed by atoms with E-state index in [9.17, 15) is 28.4 Å². The molecule has 0 bridgehead atoms. The van der Waals surface area contributed by atoms with Crippen LogP contribution in [0.3, 0.4) is 0 Å². The fourth-order valence-corrected chi connectivity index (χ4v) is 9.60. The van der Waals surface area contributed by atoms with Gasteiger partial charge < -0.3 is 29.5 Å². The summed E-state index contributed by atoms with van der Waals surface area (Å²) in [6, 6.07) is 8.08. The Morgan fingerprint density at radius 2 is 1.72 bits per heavy atom. The number of hydrogen-bond donors (Lipinski definition) is 2. The molecule has 7 heterocycles. The Labute approximate surface area is 335 Å². The number of piperidine rings is 2.